The maximum atomic E-state index is 12.3. The van der Waals surface area contributed by atoms with E-state index in [4.69, 9.17) is 4.74 Å². The third-order valence-electron chi connectivity index (χ3n) is 4.52. The third-order valence-corrected chi connectivity index (χ3v) is 5.05. The Balaban J connectivity index is 0.00000312. The summed E-state index contributed by atoms with van der Waals surface area (Å²) in [6.07, 6.45) is 4.71. The number of likely N-dealkylation sites (tertiary alicyclic amines) is 1. The van der Waals surface area contributed by atoms with Crippen molar-refractivity contribution in [3.8, 4) is 5.75 Å². The predicted octanol–water partition coefficient (Wildman–Crippen LogP) is 4.27. The number of carbonyl (C=O) groups excluding carboxylic acids is 1. The van der Waals surface area contributed by atoms with Crippen LogP contribution in [0.25, 0.3) is 0 Å². The first kappa shape index (κ1) is 22.3. The Hall–Kier alpha value is -0.780. The number of halogens is 2. The minimum Gasteiger partial charge on any atom is -0.494 e. The zero-order valence-electron chi connectivity index (χ0n) is 15.0. The molecular weight excluding hydrogens is 404 g/mol. The number of carbonyl (C=O) groups is 1. The Bertz CT molecular complexity index is 491. The first-order valence-corrected chi connectivity index (χ1v) is 9.85. The lowest BCUT2D eigenvalue weighted by Gasteiger charge is -2.32. The van der Waals surface area contributed by atoms with E-state index in [1.165, 1.54) is 0 Å². The van der Waals surface area contributed by atoms with Crippen molar-refractivity contribution in [2.45, 2.75) is 39.0 Å². The zero-order valence-corrected chi connectivity index (χ0v) is 17.4. The molecule has 1 aliphatic heterocycles. The van der Waals surface area contributed by atoms with E-state index in [9.17, 15) is 4.79 Å². The van der Waals surface area contributed by atoms with Gasteiger partial charge in [-0.05, 0) is 69.0 Å². The molecule has 1 aromatic rings. The molecule has 0 aliphatic carbocycles. The van der Waals surface area contributed by atoms with Crippen molar-refractivity contribution in [1.82, 2.24) is 10.2 Å². The van der Waals surface area contributed by atoms with Gasteiger partial charge in [0.05, 0.1) is 6.61 Å². The summed E-state index contributed by atoms with van der Waals surface area (Å²) in [5.41, 5.74) is 0. The van der Waals surface area contributed by atoms with Gasteiger partial charge in [-0.1, -0.05) is 22.9 Å². The maximum absolute atomic E-state index is 12.3. The van der Waals surface area contributed by atoms with Gasteiger partial charge < -0.3 is 15.0 Å². The molecular formula is C19H30BrClN2O2. The number of hydrogen-bond acceptors (Lipinski definition) is 3. The van der Waals surface area contributed by atoms with E-state index in [1.807, 2.05) is 29.2 Å². The Morgan fingerprint density at radius 2 is 1.92 bits per heavy atom. The molecule has 4 nitrogen and oxygen atoms in total. The van der Waals surface area contributed by atoms with E-state index in [0.29, 0.717) is 18.9 Å². The van der Waals surface area contributed by atoms with E-state index in [2.05, 4.69) is 28.2 Å². The van der Waals surface area contributed by atoms with Crippen molar-refractivity contribution >= 4 is 34.2 Å². The molecule has 1 saturated heterocycles. The standard InChI is InChI=1S/C19H29BrN2O2.ClH/c1-2-21-15-16-10-12-22(13-11-16)19(23)5-3-4-14-24-18-8-6-17(20)7-9-18;/h6-9,16,21H,2-5,10-15H2,1H3;1H. The third kappa shape index (κ3) is 8.43. The molecule has 0 radical (unpaired) electrons. The van der Waals surface area contributed by atoms with Gasteiger partial charge in [-0.25, -0.2) is 0 Å². The fourth-order valence-electron chi connectivity index (χ4n) is 2.99. The normalized spacial score (nSPS) is 14.9. The molecule has 1 aromatic carbocycles. The quantitative estimate of drug-likeness (QED) is 0.591. The van der Waals surface area contributed by atoms with E-state index in [1.54, 1.807) is 0 Å². The van der Waals surface area contributed by atoms with E-state index in [0.717, 1.165) is 68.0 Å². The molecule has 6 heteroatoms. The van der Waals surface area contributed by atoms with Crippen LogP contribution in [-0.2, 0) is 4.79 Å². The van der Waals surface area contributed by atoms with Crippen molar-refractivity contribution in [3.05, 3.63) is 28.7 Å². The van der Waals surface area contributed by atoms with Crippen molar-refractivity contribution in [3.63, 3.8) is 0 Å². The second-order valence-corrected chi connectivity index (χ2v) is 7.31. The number of nitrogens with one attached hydrogen (secondary N) is 1. The van der Waals surface area contributed by atoms with Crippen LogP contribution >= 0.6 is 28.3 Å². The number of nitrogens with zero attached hydrogens (tertiary/aromatic N) is 1. The molecule has 0 aromatic heterocycles. The highest BCUT2D eigenvalue weighted by molar-refractivity contribution is 9.10. The molecule has 142 valence electrons. The van der Waals surface area contributed by atoms with Crippen LogP contribution in [0.1, 0.15) is 39.0 Å². The van der Waals surface area contributed by atoms with Crippen molar-refractivity contribution in [2.75, 3.05) is 32.8 Å². The predicted molar refractivity (Wildman–Crippen MR) is 109 cm³/mol. The Kier molecular flexibility index (Phi) is 11.2. The fraction of sp³-hybridized carbons (Fsp3) is 0.632. The minimum absolute atomic E-state index is 0. The molecule has 1 fully saturated rings. The molecule has 1 N–H and O–H groups in total. The fourth-order valence-corrected chi connectivity index (χ4v) is 3.26. The van der Waals surface area contributed by atoms with E-state index >= 15 is 0 Å². The van der Waals surface area contributed by atoms with Gasteiger partial charge in [-0.15, -0.1) is 12.4 Å². The summed E-state index contributed by atoms with van der Waals surface area (Å²) < 4.78 is 6.74. The number of benzene rings is 1. The van der Waals surface area contributed by atoms with Crippen LogP contribution in [0.15, 0.2) is 28.7 Å². The summed E-state index contributed by atoms with van der Waals surface area (Å²) in [6.45, 7) is 6.76. The Labute approximate surface area is 166 Å². The summed E-state index contributed by atoms with van der Waals surface area (Å²) in [7, 11) is 0. The van der Waals surface area contributed by atoms with Gasteiger partial charge in [0.15, 0.2) is 0 Å². The lowest BCUT2D eigenvalue weighted by molar-refractivity contribution is -0.132. The summed E-state index contributed by atoms with van der Waals surface area (Å²) in [4.78, 5) is 14.3. The van der Waals surface area contributed by atoms with Gasteiger partial charge in [0.25, 0.3) is 0 Å². The Morgan fingerprint density at radius 3 is 2.56 bits per heavy atom. The smallest absolute Gasteiger partial charge is 0.222 e. The number of amides is 1. The van der Waals surface area contributed by atoms with Gasteiger partial charge in [-0.3, -0.25) is 4.79 Å². The van der Waals surface area contributed by atoms with Crippen LogP contribution in [0.3, 0.4) is 0 Å². The second-order valence-electron chi connectivity index (χ2n) is 6.39. The molecule has 1 aliphatic rings. The lowest BCUT2D eigenvalue weighted by atomic mass is 9.96. The van der Waals surface area contributed by atoms with Crippen molar-refractivity contribution < 1.29 is 9.53 Å². The molecule has 2 rings (SSSR count). The van der Waals surface area contributed by atoms with Crippen molar-refractivity contribution in [2.24, 2.45) is 5.92 Å². The van der Waals surface area contributed by atoms with Gasteiger partial charge in [0, 0.05) is 24.0 Å². The Morgan fingerprint density at radius 1 is 1.24 bits per heavy atom. The number of ether oxygens (including phenoxy) is 1. The van der Waals surface area contributed by atoms with Gasteiger partial charge in [0.2, 0.25) is 5.91 Å². The van der Waals surface area contributed by atoms with Gasteiger partial charge in [-0.2, -0.15) is 0 Å². The monoisotopic (exact) mass is 432 g/mol. The largest absolute Gasteiger partial charge is 0.494 e. The topological polar surface area (TPSA) is 41.6 Å². The average molecular weight is 434 g/mol. The number of unbranched alkanes of at least 4 members (excludes halogenated alkanes) is 1. The maximum Gasteiger partial charge on any atom is 0.222 e. The highest BCUT2D eigenvalue weighted by Crippen LogP contribution is 2.18. The van der Waals surface area contributed by atoms with E-state index < -0.39 is 0 Å². The number of hydrogen-bond donors (Lipinski definition) is 1. The van der Waals surface area contributed by atoms with Crippen LogP contribution in [0.5, 0.6) is 5.75 Å². The van der Waals surface area contributed by atoms with Gasteiger partial charge >= 0.3 is 0 Å². The summed E-state index contributed by atoms with van der Waals surface area (Å²) in [6, 6.07) is 7.84. The van der Waals surface area contributed by atoms with Crippen LogP contribution in [0.2, 0.25) is 0 Å². The number of rotatable bonds is 9. The molecule has 1 heterocycles. The number of piperidine rings is 1. The van der Waals surface area contributed by atoms with Crippen LogP contribution in [-0.4, -0.2) is 43.6 Å². The SMILES string of the molecule is CCNCC1CCN(C(=O)CCCCOc2ccc(Br)cc2)CC1.Cl. The molecule has 0 spiro atoms. The van der Waals surface area contributed by atoms with Crippen LogP contribution < -0.4 is 10.1 Å². The summed E-state index contributed by atoms with van der Waals surface area (Å²) in [5.74, 6) is 1.92. The molecule has 0 saturated carbocycles. The summed E-state index contributed by atoms with van der Waals surface area (Å²) >= 11 is 3.41. The van der Waals surface area contributed by atoms with Gasteiger partial charge in [0.1, 0.15) is 5.75 Å². The second kappa shape index (κ2) is 12.6. The lowest BCUT2D eigenvalue weighted by Crippen LogP contribution is -2.40. The van der Waals surface area contributed by atoms with Crippen LogP contribution in [0, 0.1) is 5.92 Å². The zero-order chi connectivity index (χ0) is 17.2. The first-order chi connectivity index (χ1) is 11.7. The van der Waals surface area contributed by atoms with Crippen LogP contribution in [0.4, 0.5) is 0 Å². The minimum atomic E-state index is 0. The molecule has 25 heavy (non-hydrogen) atoms. The van der Waals surface area contributed by atoms with E-state index in [-0.39, 0.29) is 12.4 Å². The van der Waals surface area contributed by atoms with Crippen molar-refractivity contribution in [1.29, 1.82) is 0 Å². The molecule has 0 bridgehead atoms. The highest BCUT2D eigenvalue weighted by atomic mass is 79.9. The molecule has 0 unspecified atom stereocenters. The average Bonchev–Trinajstić information content (AvgIpc) is 2.61. The first-order valence-electron chi connectivity index (χ1n) is 9.06. The highest BCUT2D eigenvalue weighted by Gasteiger charge is 2.21. The molecule has 1 amide bonds. The summed E-state index contributed by atoms with van der Waals surface area (Å²) in [5, 5.41) is 3.41. The molecule has 0 atom stereocenters.